The molecule has 0 aliphatic carbocycles. The fourth-order valence-electron chi connectivity index (χ4n) is 2.73. The summed E-state index contributed by atoms with van der Waals surface area (Å²) in [6.07, 6.45) is 0. The lowest BCUT2D eigenvalue weighted by atomic mass is 10.1. The molecule has 0 unspecified atom stereocenters. The van der Waals surface area contributed by atoms with Crippen LogP contribution in [-0.2, 0) is 6.61 Å². The summed E-state index contributed by atoms with van der Waals surface area (Å²) in [6.45, 7) is 4.77. The molecule has 5 heteroatoms. The first-order valence-electron chi connectivity index (χ1n) is 9.08. The van der Waals surface area contributed by atoms with E-state index in [1.807, 2.05) is 62.4 Å². The predicted molar refractivity (Wildman–Crippen MR) is 115 cm³/mol. The standard InChI is InChI=1S/C23H22BrNO3/c1-3-27-22-14-18(23(26)25-20-11-10-19(24)13-16(20)2)9-12-21(22)28-15-17-7-5-4-6-8-17/h4-14H,3,15H2,1-2H3,(H,25,26). The Hall–Kier alpha value is -2.79. The number of hydrogen-bond acceptors (Lipinski definition) is 3. The van der Waals surface area contributed by atoms with E-state index in [-0.39, 0.29) is 5.91 Å². The zero-order valence-corrected chi connectivity index (χ0v) is 17.5. The van der Waals surface area contributed by atoms with Gasteiger partial charge in [-0.1, -0.05) is 46.3 Å². The van der Waals surface area contributed by atoms with Gasteiger partial charge in [0.05, 0.1) is 6.61 Å². The number of aryl methyl sites for hydroxylation is 1. The molecule has 0 fully saturated rings. The number of benzene rings is 3. The molecule has 1 amide bonds. The van der Waals surface area contributed by atoms with Crippen LogP contribution in [0.5, 0.6) is 11.5 Å². The second kappa shape index (κ2) is 9.42. The SMILES string of the molecule is CCOc1cc(C(=O)Nc2ccc(Br)cc2C)ccc1OCc1ccccc1. The Bertz CT molecular complexity index is 957. The summed E-state index contributed by atoms with van der Waals surface area (Å²) < 4.78 is 12.6. The van der Waals surface area contributed by atoms with Crippen molar-refractivity contribution in [3.8, 4) is 11.5 Å². The van der Waals surface area contributed by atoms with Crippen LogP contribution in [0.4, 0.5) is 5.69 Å². The number of rotatable bonds is 7. The predicted octanol–water partition coefficient (Wildman–Crippen LogP) is 5.99. The summed E-state index contributed by atoms with van der Waals surface area (Å²) >= 11 is 3.43. The van der Waals surface area contributed by atoms with Crippen LogP contribution in [0, 0.1) is 6.92 Å². The average Bonchev–Trinajstić information content (AvgIpc) is 2.70. The summed E-state index contributed by atoms with van der Waals surface area (Å²) in [6, 6.07) is 20.9. The van der Waals surface area contributed by atoms with Crippen LogP contribution in [0.2, 0.25) is 0 Å². The molecule has 0 heterocycles. The summed E-state index contributed by atoms with van der Waals surface area (Å²) in [5.74, 6) is 0.974. The first-order valence-corrected chi connectivity index (χ1v) is 9.87. The molecule has 4 nitrogen and oxygen atoms in total. The molecule has 0 saturated carbocycles. The van der Waals surface area contributed by atoms with Crippen molar-refractivity contribution in [1.82, 2.24) is 0 Å². The molecule has 28 heavy (non-hydrogen) atoms. The Morgan fingerprint density at radius 1 is 0.964 bits per heavy atom. The molecule has 0 saturated heterocycles. The van der Waals surface area contributed by atoms with E-state index in [2.05, 4.69) is 21.2 Å². The van der Waals surface area contributed by atoms with Crippen LogP contribution in [0.3, 0.4) is 0 Å². The third-order valence-electron chi connectivity index (χ3n) is 4.18. The Labute approximate surface area is 173 Å². The molecule has 0 bridgehead atoms. The minimum absolute atomic E-state index is 0.194. The van der Waals surface area contributed by atoms with Crippen molar-refractivity contribution in [3.05, 3.63) is 87.9 Å². The molecule has 0 spiro atoms. The third kappa shape index (κ3) is 5.14. The third-order valence-corrected chi connectivity index (χ3v) is 4.67. The molecule has 3 rings (SSSR count). The number of carbonyl (C=O) groups is 1. The van der Waals surface area contributed by atoms with E-state index in [0.717, 1.165) is 21.3 Å². The van der Waals surface area contributed by atoms with Crippen molar-refractivity contribution in [2.45, 2.75) is 20.5 Å². The van der Waals surface area contributed by atoms with Gasteiger partial charge in [-0.05, 0) is 61.4 Å². The first-order chi connectivity index (χ1) is 13.6. The van der Waals surface area contributed by atoms with Gasteiger partial charge >= 0.3 is 0 Å². The Balaban J connectivity index is 1.76. The zero-order valence-electron chi connectivity index (χ0n) is 15.9. The molecule has 1 N–H and O–H groups in total. The summed E-state index contributed by atoms with van der Waals surface area (Å²) in [7, 11) is 0. The molecule has 0 atom stereocenters. The lowest BCUT2D eigenvalue weighted by molar-refractivity contribution is 0.102. The smallest absolute Gasteiger partial charge is 0.255 e. The van der Waals surface area contributed by atoms with Crippen LogP contribution in [0.1, 0.15) is 28.4 Å². The highest BCUT2D eigenvalue weighted by Crippen LogP contribution is 2.30. The van der Waals surface area contributed by atoms with E-state index in [1.165, 1.54) is 0 Å². The van der Waals surface area contributed by atoms with Gasteiger partial charge in [0.2, 0.25) is 0 Å². The molecule has 0 radical (unpaired) electrons. The Kier molecular flexibility index (Phi) is 6.71. The number of carbonyl (C=O) groups excluding carboxylic acids is 1. The summed E-state index contributed by atoms with van der Waals surface area (Å²) in [4.78, 5) is 12.7. The van der Waals surface area contributed by atoms with E-state index in [0.29, 0.717) is 30.3 Å². The fraction of sp³-hybridized carbons (Fsp3) is 0.174. The molecule has 3 aromatic rings. The molecule has 0 aromatic heterocycles. The topological polar surface area (TPSA) is 47.6 Å². The van der Waals surface area contributed by atoms with Crippen LogP contribution < -0.4 is 14.8 Å². The van der Waals surface area contributed by atoms with Crippen LogP contribution in [0.15, 0.2) is 71.2 Å². The highest BCUT2D eigenvalue weighted by atomic mass is 79.9. The van der Waals surface area contributed by atoms with Gasteiger partial charge in [-0.25, -0.2) is 0 Å². The molecule has 0 aliphatic rings. The van der Waals surface area contributed by atoms with Gasteiger partial charge in [-0.15, -0.1) is 0 Å². The minimum atomic E-state index is -0.194. The second-order valence-corrected chi connectivity index (χ2v) is 7.20. The number of ether oxygens (including phenoxy) is 2. The number of nitrogens with one attached hydrogen (secondary N) is 1. The van der Waals surface area contributed by atoms with Crippen molar-refractivity contribution in [2.75, 3.05) is 11.9 Å². The maximum Gasteiger partial charge on any atom is 0.255 e. The van der Waals surface area contributed by atoms with Gasteiger partial charge in [0, 0.05) is 15.7 Å². The molecular weight excluding hydrogens is 418 g/mol. The molecule has 144 valence electrons. The van der Waals surface area contributed by atoms with Gasteiger partial charge in [-0.3, -0.25) is 4.79 Å². The van der Waals surface area contributed by atoms with E-state index >= 15 is 0 Å². The van der Waals surface area contributed by atoms with E-state index < -0.39 is 0 Å². The van der Waals surface area contributed by atoms with Crippen LogP contribution in [-0.4, -0.2) is 12.5 Å². The summed E-state index contributed by atoms with van der Waals surface area (Å²) in [5, 5.41) is 2.94. The largest absolute Gasteiger partial charge is 0.490 e. The normalized spacial score (nSPS) is 10.4. The van der Waals surface area contributed by atoms with Crippen LogP contribution in [0.25, 0.3) is 0 Å². The lowest BCUT2D eigenvalue weighted by Crippen LogP contribution is -2.13. The van der Waals surface area contributed by atoms with E-state index in [4.69, 9.17) is 9.47 Å². The van der Waals surface area contributed by atoms with E-state index in [1.54, 1.807) is 18.2 Å². The van der Waals surface area contributed by atoms with Gasteiger partial charge < -0.3 is 14.8 Å². The molecular formula is C23H22BrNO3. The Morgan fingerprint density at radius 3 is 2.46 bits per heavy atom. The fourth-order valence-corrected chi connectivity index (χ4v) is 3.21. The van der Waals surface area contributed by atoms with Gasteiger partial charge in [0.15, 0.2) is 11.5 Å². The van der Waals surface area contributed by atoms with Gasteiger partial charge in [0.1, 0.15) is 6.61 Å². The summed E-state index contributed by atoms with van der Waals surface area (Å²) in [5.41, 5.74) is 3.33. The monoisotopic (exact) mass is 439 g/mol. The zero-order chi connectivity index (χ0) is 19.9. The van der Waals surface area contributed by atoms with Crippen molar-refractivity contribution in [3.63, 3.8) is 0 Å². The maximum atomic E-state index is 12.7. The van der Waals surface area contributed by atoms with Crippen molar-refractivity contribution < 1.29 is 14.3 Å². The second-order valence-electron chi connectivity index (χ2n) is 6.28. The van der Waals surface area contributed by atoms with Crippen molar-refractivity contribution >= 4 is 27.5 Å². The number of amides is 1. The first kappa shape index (κ1) is 20.0. The lowest BCUT2D eigenvalue weighted by Gasteiger charge is -2.14. The Morgan fingerprint density at radius 2 is 1.75 bits per heavy atom. The van der Waals surface area contributed by atoms with Crippen molar-refractivity contribution in [2.24, 2.45) is 0 Å². The van der Waals surface area contributed by atoms with Crippen LogP contribution >= 0.6 is 15.9 Å². The number of anilines is 1. The highest BCUT2D eigenvalue weighted by molar-refractivity contribution is 9.10. The highest BCUT2D eigenvalue weighted by Gasteiger charge is 2.13. The quantitative estimate of drug-likeness (QED) is 0.491. The maximum absolute atomic E-state index is 12.7. The number of halogens is 1. The molecule has 0 aliphatic heterocycles. The van der Waals surface area contributed by atoms with Crippen molar-refractivity contribution in [1.29, 1.82) is 0 Å². The van der Waals surface area contributed by atoms with E-state index in [9.17, 15) is 4.79 Å². The molecule has 3 aromatic carbocycles. The number of hydrogen-bond donors (Lipinski definition) is 1. The van der Waals surface area contributed by atoms with Gasteiger partial charge in [-0.2, -0.15) is 0 Å². The minimum Gasteiger partial charge on any atom is -0.490 e. The average molecular weight is 440 g/mol. The van der Waals surface area contributed by atoms with Gasteiger partial charge in [0.25, 0.3) is 5.91 Å².